The highest BCUT2D eigenvalue weighted by atomic mass is 16.5. The lowest BCUT2D eigenvalue weighted by Gasteiger charge is -2.11. The standard InChI is InChI=1S/C14H18N4O2/c1-3-18-8-10(7-17-18)9-20-12-5-4-11(14(15)16)6-13(12)19-2/h4-8H,3,9H2,1-2H3,(H3,15,16). The van der Waals surface area contributed by atoms with Gasteiger partial charge in [-0.15, -0.1) is 0 Å². The number of benzene rings is 1. The fraction of sp³-hybridized carbons (Fsp3) is 0.286. The van der Waals surface area contributed by atoms with E-state index >= 15 is 0 Å². The van der Waals surface area contributed by atoms with Crippen molar-refractivity contribution in [3.05, 3.63) is 41.7 Å². The highest BCUT2D eigenvalue weighted by Gasteiger charge is 2.08. The van der Waals surface area contributed by atoms with Gasteiger partial charge in [0.2, 0.25) is 0 Å². The van der Waals surface area contributed by atoms with Crippen molar-refractivity contribution in [3.63, 3.8) is 0 Å². The molecule has 2 rings (SSSR count). The van der Waals surface area contributed by atoms with E-state index in [4.69, 9.17) is 20.6 Å². The second-order valence-electron chi connectivity index (χ2n) is 4.27. The maximum atomic E-state index is 7.41. The SMILES string of the molecule is CCn1cc(COc2ccc(C(=N)N)cc2OC)cn1. The quantitative estimate of drug-likeness (QED) is 0.621. The Balaban J connectivity index is 2.10. The summed E-state index contributed by atoms with van der Waals surface area (Å²) in [5.41, 5.74) is 7.04. The Kier molecular flexibility index (Phi) is 4.24. The van der Waals surface area contributed by atoms with Crippen LogP contribution < -0.4 is 15.2 Å². The summed E-state index contributed by atoms with van der Waals surface area (Å²) in [7, 11) is 1.56. The van der Waals surface area contributed by atoms with Crippen LogP contribution in [0.15, 0.2) is 30.6 Å². The number of amidine groups is 1. The molecular formula is C14H18N4O2. The van der Waals surface area contributed by atoms with Crippen LogP contribution in [0.4, 0.5) is 0 Å². The molecule has 0 aliphatic rings. The van der Waals surface area contributed by atoms with E-state index in [0.29, 0.717) is 23.7 Å². The highest BCUT2D eigenvalue weighted by Crippen LogP contribution is 2.28. The lowest BCUT2D eigenvalue weighted by Crippen LogP contribution is -2.11. The number of nitrogens with zero attached hydrogens (tertiary/aromatic N) is 2. The van der Waals surface area contributed by atoms with E-state index in [-0.39, 0.29) is 5.84 Å². The smallest absolute Gasteiger partial charge is 0.161 e. The zero-order chi connectivity index (χ0) is 14.5. The van der Waals surface area contributed by atoms with E-state index < -0.39 is 0 Å². The van der Waals surface area contributed by atoms with Crippen molar-refractivity contribution < 1.29 is 9.47 Å². The minimum atomic E-state index is -0.000859. The number of nitrogens with one attached hydrogen (secondary N) is 1. The Morgan fingerprint density at radius 2 is 2.20 bits per heavy atom. The fourth-order valence-electron chi connectivity index (χ4n) is 1.77. The summed E-state index contributed by atoms with van der Waals surface area (Å²) in [4.78, 5) is 0. The molecule has 0 atom stereocenters. The third kappa shape index (κ3) is 3.09. The summed E-state index contributed by atoms with van der Waals surface area (Å²) in [6.07, 6.45) is 3.72. The number of aryl methyl sites for hydroxylation is 1. The molecule has 3 N–H and O–H groups in total. The first-order valence-corrected chi connectivity index (χ1v) is 6.30. The summed E-state index contributed by atoms with van der Waals surface area (Å²) in [6, 6.07) is 5.17. The first-order chi connectivity index (χ1) is 9.63. The van der Waals surface area contributed by atoms with Gasteiger partial charge in [0.05, 0.1) is 13.3 Å². The number of rotatable bonds is 6. The van der Waals surface area contributed by atoms with Crippen molar-refractivity contribution in [2.45, 2.75) is 20.1 Å². The minimum absolute atomic E-state index is 0.000859. The van der Waals surface area contributed by atoms with Crippen molar-refractivity contribution in [2.24, 2.45) is 5.73 Å². The van der Waals surface area contributed by atoms with E-state index in [1.807, 2.05) is 17.8 Å². The molecule has 1 heterocycles. The number of ether oxygens (including phenoxy) is 2. The number of nitrogens with two attached hydrogens (primary N) is 1. The van der Waals surface area contributed by atoms with Gasteiger partial charge in [-0.2, -0.15) is 5.10 Å². The number of aromatic nitrogens is 2. The highest BCUT2D eigenvalue weighted by molar-refractivity contribution is 5.95. The monoisotopic (exact) mass is 274 g/mol. The van der Waals surface area contributed by atoms with Gasteiger partial charge in [-0.1, -0.05) is 0 Å². The molecular weight excluding hydrogens is 256 g/mol. The molecule has 0 radical (unpaired) electrons. The van der Waals surface area contributed by atoms with Gasteiger partial charge < -0.3 is 15.2 Å². The molecule has 20 heavy (non-hydrogen) atoms. The van der Waals surface area contributed by atoms with Crippen molar-refractivity contribution in [1.82, 2.24) is 9.78 Å². The van der Waals surface area contributed by atoms with Crippen molar-refractivity contribution in [3.8, 4) is 11.5 Å². The Morgan fingerprint density at radius 3 is 2.80 bits per heavy atom. The Labute approximate surface area is 117 Å². The van der Waals surface area contributed by atoms with E-state index in [1.54, 1.807) is 31.5 Å². The molecule has 0 amide bonds. The van der Waals surface area contributed by atoms with Gasteiger partial charge in [0, 0.05) is 23.9 Å². The van der Waals surface area contributed by atoms with Crippen LogP contribution >= 0.6 is 0 Å². The largest absolute Gasteiger partial charge is 0.493 e. The van der Waals surface area contributed by atoms with Crippen LogP contribution in [0.25, 0.3) is 0 Å². The molecule has 0 saturated heterocycles. The van der Waals surface area contributed by atoms with E-state index in [0.717, 1.165) is 12.1 Å². The Bertz CT molecular complexity index is 607. The number of hydrogen-bond donors (Lipinski definition) is 2. The predicted octanol–water partition coefficient (Wildman–Crippen LogP) is 1.77. The van der Waals surface area contributed by atoms with Gasteiger partial charge in [-0.05, 0) is 25.1 Å². The van der Waals surface area contributed by atoms with Crippen LogP contribution in [0.2, 0.25) is 0 Å². The zero-order valence-corrected chi connectivity index (χ0v) is 11.6. The van der Waals surface area contributed by atoms with Crippen LogP contribution in [0.3, 0.4) is 0 Å². The first-order valence-electron chi connectivity index (χ1n) is 6.30. The van der Waals surface area contributed by atoms with Crippen molar-refractivity contribution in [1.29, 1.82) is 5.41 Å². The van der Waals surface area contributed by atoms with Gasteiger partial charge in [0.25, 0.3) is 0 Å². The fourth-order valence-corrected chi connectivity index (χ4v) is 1.77. The molecule has 0 bridgehead atoms. The summed E-state index contributed by atoms with van der Waals surface area (Å²) in [5, 5.41) is 11.6. The van der Waals surface area contributed by atoms with Crippen LogP contribution in [0, 0.1) is 5.41 Å². The van der Waals surface area contributed by atoms with Crippen LogP contribution in [0.5, 0.6) is 11.5 Å². The molecule has 0 fully saturated rings. The second kappa shape index (κ2) is 6.10. The molecule has 1 aromatic heterocycles. The van der Waals surface area contributed by atoms with Gasteiger partial charge in [0.15, 0.2) is 11.5 Å². The molecule has 0 spiro atoms. The number of methoxy groups -OCH3 is 1. The molecule has 0 aliphatic heterocycles. The van der Waals surface area contributed by atoms with Gasteiger partial charge in [-0.25, -0.2) is 0 Å². The third-order valence-corrected chi connectivity index (χ3v) is 2.88. The normalized spacial score (nSPS) is 10.3. The van der Waals surface area contributed by atoms with Gasteiger partial charge in [0.1, 0.15) is 12.4 Å². The maximum absolute atomic E-state index is 7.41. The summed E-state index contributed by atoms with van der Waals surface area (Å²) >= 11 is 0. The Morgan fingerprint density at radius 1 is 1.40 bits per heavy atom. The van der Waals surface area contributed by atoms with Crippen LogP contribution in [-0.2, 0) is 13.2 Å². The van der Waals surface area contributed by atoms with Gasteiger partial charge >= 0.3 is 0 Å². The van der Waals surface area contributed by atoms with Crippen molar-refractivity contribution >= 4 is 5.84 Å². The van der Waals surface area contributed by atoms with Gasteiger partial charge in [-0.3, -0.25) is 10.1 Å². The molecule has 6 nitrogen and oxygen atoms in total. The minimum Gasteiger partial charge on any atom is -0.493 e. The zero-order valence-electron chi connectivity index (χ0n) is 11.6. The maximum Gasteiger partial charge on any atom is 0.161 e. The van der Waals surface area contributed by atoms with E-state index in [1.165, 1.54) is 0 Å². The van der Waals surface area contributed by atoms with E-state index in [9.17, 15) is 0 Å². The average molecular weight is 274 g/mol. The van der Waals surface area contributed by atoms with Crippen LogP contribution in [-0.4, -0.2) is 22.7 Å². The van der Waals surface area contributed by atoms with Crippen molar-refractivity contribution in [2.75, 3.05) is 7.11 Å². The van der Waals surface area contributed by atoms with E-state index in [2.05, 4.69) is 5.10 Å². The summed E-state index contributed by atoms with van der Waals surface area (Å²) in [5.74, 6) is 1.17. The Hall–Kier alpha value is -2.50. The molecule has 0 saturated carbocycles. The predicted molar refractivity (Wildman–Crippen MR) is 76.2 cm³/mol. The molecule has 6 heteroatoms. The average Bonchev–Trinajstić information content (AvgIpc) is 2.92. The number of hydrogen-bond acceptors (Lipinski definition) is 4. The molecule has 106 valence electrons. The molecule has 2 aromatic rings. The molecule has 0 unspecified atom stereocenters. The molecule has 0 aliphatic carbocycles. The first kappa shape index (κ1) is 13.9. The lowest BCUT2D eigenvalue weighted by molar-refractivity contribution is 0.284. The summed E-state index contributed by atoms with van der Waals surface area (Å²) < 4.78 is 12.8. The topological polar surface area (TPSA) is 86.2 Å². The third-order valence-electron chi connectivity index (χ3n) is 2.88. The lowest BCUT2D eigenvalue weighted by atomic mass is 10.2. The summed E-state index contributed by atoms with van der Waals surface area (Å²) in [6.45, 7) is 3.27. The van der Waals surface area contributed by atoms with Crippen LogP contribution in [0.1, 0.15) is 18.1 Å². The molecule has 1 aromatic carbocycles. The second-order valence-corrected chi connectivity index (χ2v) is 4.27. The number of nitrogen functional groups attached to an aromatic ring is 1.